The number of benzene rings is 3. The molecule has 3 aromatic carbocycles. The average molecular weight is 278 g/mol. The van der Waals surface area contributed by atoms with Crippen molar-refractivity contribution in [3.05, 3.63) is 78.1 Å². The predicted molar refractivity (Wildman–Crippen MR) is 83.7 cm³/mol. The highest BCUT2D eigenvalue weighted by Crippen LogP contribution is 2.34. The fraction of sp³-hybridized carbons (Fsp3) is 0.0526. The van der Waals surface area contributed by atoms with Crippen molar-refractivity contribution in [1.29, 1.82) is 0 Å². The number of rotatable bonds is 2. The Balaban J connectivity index is 2.19. The molecule has 1 nitrogen and oxygen atoms in total. The molecule has 3 rings (SSSR count). The average Bonchev–Trinajstić information content (AvgIpc) is 2.51. The number of phenols is 1. The second-order valence-corrected chi connectivity index (χ2v) is 5.09. The van der Waals surface area contributed by atoms with Crippen LogP contribution in [0, 0.1) is 12.7 Å². The van der Waals surface area contributed by atoms with Crippen molar-refractivity contribution in [2.45, 2.75) is 6.92 Å². The Morgan fingerprint density at radius 2 is 1.29 bits per heavy atom. The monoisotopic (exact) mass is 278 g/mol. The van der Waals surface area contributed by atoms with E-state index in [0.717, 1.165) is 16.7 Å². The molecule has 0 aliphatic carbocycles. The Bertz CT molecular complexity index is 762. The van der Waals surface area contributed by atoms with Crippen molar-refractivity contribution in [3.63, 3.8) is 0 Å². The number of hydrogen-bond acceptors (Lipinski definition) is 1. The van der Waals surface area contributed by atoms with Crippen LogP contribution in [-0.2, 0) is 0 Å². The van der Waals surface area contributed by atoms with Crippen LogP contribution in [0.4, 0.5) is 4.39 Å². The molecule has 0 fully saturated rings. The van der Waals surface area contributed by atoms with Crippen LogP contribution in [0.2, 0.25) is 0 Å². The van der Waals surface area contributed by atoms with E-state index in [1.54, 1.807) is 0 Å². The van der Waals surface area contributed by atoms with Gasteiger partial charge in [0.25, 0.3) is 0 Å². The SMILES string of the molecule is Cc1ccc(-c2cc(O)cc(-c3ccccc3)c2F)cc1. The van der Waals surface area contributed by atoms with Crippen LogP contribution in [0.15, 0.2) is 66.7 Å². The summed E-state index contributed by atoms with van der Waals surface area (Å²) >= 11 is 0. The Hall–Kier alpha value is -2.61. The van der Waals surface area contributed by atoms with Gasteiger partial charge in [0.2, 0.25) is 0 Å². The third kappa shape index (κ3) is 2.65. The third-order valence-corrected chi connectivity index (χ3v) is 3.50. The van der Waals surface area contributed by atoms with Crippen LogP contribution in [-0.4, -0.2) is 5.11 Å². The smallest absolute Gasteiger partial charge is 0.139 e. The van der Waals surface area contributed by atoms with Crippen LogP contribution in [0.1, 0.15) is 5.56 Å². The molecule has 0 heterocycles. The summed E-state index contributed by atoms with van der Waals surface area (Å²) in [5, 5.41) is 9.93. The van der Waals surface area contributed by atoms with Gasteiger partial charge in [-0.05, 0) is 30.2 Å². The molecule has 0 aromatic heterocycles. The zero-order valence-corrected chi connectivity index (χ0v) is 11.7. The van der Waals surface area contributed by atoms with E-state index in [0.29, 0.717) is 11.1 Å². The summed E-state index contributed by atoms with van der Waals surface area (Å²) in [7, 11) is 0. The van der Waals surface area contributed by atoms with E-state index >= 15 is 0 Å². The van der Waals surface area contributed by atoms with Crippen LogP contribution in [0.5, 0.6) is 5.75 Å². The summed E-state index contributed by atoms with van der Waals surface area (Å²) in [4.78, 5) is 0. The lowest BCUT2D eigenvalue weighted by Crippen LogP contribution is -1.90. The fourth-order valence-electron chi connectivity index (χ4n) is 2.38. The van der Waals surface area contributed by atoms with Gasteiger partial charge < -0.3 is 5.11 Å². The minimum atomic E-state index is -0.317. The molecule has 0 spiro atoms. The lowest BCUT2D eigenvalue weighted by Gasteiger charge is -2.10. The van der Waals surface area contributed by atoms with Crippen LogP contribution < -0.4 is 0 Å². The first-order valence-corrected chi connectivity index (χ1v) is 6.80. The number of aromatic hydroxyl groups is 1. The number of hydrogen-bond donors (Lipinski definition) is 1. The standard InChI is InChI=1S/C19H15FO/c1-13-7-9-15(10-8-13)18-12-16(21)11-17(19(18)20)14-5-3-2-4-6-14/h2-12,21H,1H3. The number of halogens is 1. The molecule has 21 heavy (non-hydrogen) atoms. The van der Waals surface area contributed by atoms with Crippen molar-refractivity contribution >= 4 is 0 Å². The highest BCUT2D eigenvalue weighted by Gasteiger charge is 2.13. The molecule has 0 radical (unpaired) electrons. The maximum Gasteiger partial charge on any atom is 0.139 e. The first-order chi connectivity index (χ1) is 10.1. The van der Waals surface area contributed by atoms with Gasteiger partial charge in [0.05, 0.1) is 0 Å². The zero-order chi connectivity index (χ0) is 14.8. The molecular weight excluding hydrogens is 263 g/mol. The van der Waals surface area contributed by atoms with E-state index in [4.69, 9.17) is 0 Å². The van der Waals surface area contributed by atoms with Crippen LogP contribution in [0.3, 0.4) is 0 Å². The quantitative estimate of drug-likeness (QED) is 0.685. The molecule has 0 unspecified atom stereocenters. The lowest BCUT2D eigenvalue weighted by molar-refractivity contribution is 0.474. The van der Waals surface area contributed by atoms with E-state index in [2.05, 4.69) is 0 Å². The Morgan fingerprint density at radius 1 is 0.762 bits per heavy atom. The summed E-state index contributed by atoms with van der Waals surface area (Å²) < 4.78 is 14.8. The van der Waals surface area contributed by atoms with Crippen LogP contribution in [0.25, 0.3) is 22.3 Å². The molecule has 104 valence electrons. The van der Waals surface area contributed by atoms with Gasteiger partial charge in [-0.2, -0.15) is 0 Å². The number of aryl methyl sites for hydroxylation is 1. The van der Waals surface area contributed by atoms with Gasteiger partial charge in [0.1, 0.15) is 11.6 Å². The summed E-state index contributed by atoms with van der Waals surface area (Å²) in [6.07, 6.45) is 0. The maximum absolute atomic E-state index is 14.8. The van der Waals surface area contributed by atoms with Crippen molar-refractivity contribution < 1.29 is 9.50 Å². The zero-order valence-electron chi connectivity index (χ0n) is 11.7. The van der Waals surface area contributed by atoms with Gasteiger partial charge in [0, 0.05) is 11.1 Å². The summed E-state index contributed by atoms with van der Waals surface area (Å²) in [6, 6.07) is 19.8. The van der Waals surface area contributed by atoms with Gasteiger partial charge in [-0.3, -0.25) is 0 Å². The fourth-order valence-corrected chi connectivity index (χ4v) is 2.38. The third-order valence-electron chi connectivity index (χ3n) is 3.50. The second-order valence-electron chi connectivity index (χ2n) is 5.09. The molecule has 0 bridgehead atoms. The molecule has 0 aliphatic rings. The minimum Gasteiger partial charge on any atom is -0.508 e. The highest BCUT2D eigenvalue weighted by molar-refractivity contribution is 5.76. The van der Waals surface area contributed by atoms with E-state index in [1.807, 2.05) is 61.5 Å². The topological polar surface area (TPSA) is 20.2 Å². The molecule has 0 amide bonds. The minimum absolute atomic E-state index is 0.0610. The predicted octanol–water partition coefficient (Wildman–Crippen LogP) is 5.17. The highest BCUT2D eigenvalue weighted by atomic mass is 19.1. The molecule has 0 saturated carbocycles. The van der Waals surface area contributed by atoms with Gasteiger partial charge in [0.15, 0.2) is 0 Å². The van der Waals surface area contributed by atoms with Gasteiger partial charge in [-0.25, -0.2) is 4.39 Å². The van der Waals surface area contributed by atoms with E-state index in [-0.39, 0.29) is 11.6 Å². The first kappa shape index (κ1) is 13.4. The van der Waals surface area contributed by atoms with Crippen molar-refractivity contribution in [3.8, 4) is 28.0 Å². The molecule has 2 heteroatoms. The van der Waals surface area contributed by atoms with Crippen molar-refractivity contribution in [2.24, 2.45) is 0 Å². The first-order valence-electron chi connectivity index (χ1n) is 6.80. The van der Waals surface area contributed by atoms with Gasteiger partial charge in [-0.1, -0.05) is 60.2 Å². The largest absolute Gasteiger partial charge is 0.508 e. The summed E-state index contributed by atoms with van der Waals surface area (Å²) in [5.41, 5.74) is 3.44. The van der Waals surface area contributed by atoms with E-state index in [1.165, 1.54) is 12.1 Å². The molecule has 0 atom stereocenters. The second kappa shape index (κ2) is 5.41. The Kier molecular flexibility index (Phi) is 3.44. The maximum atomic E-state index is 14.8. The van der Waals surface area contributed by atoms with Crippen LogP contribution >= 0.6 is 0 Å². The van der Waals surface area contributed by atoms with E-state index < -0.39 is 0 Å². The Morgan fingerprint density at radius 3 is 1.86 bits per heavy atom. The molecule has 3 aromatic rings. The van der Waals surface area contributed by atoms with Crippen molar-refractivity contribution in [1.82, 2.24) is 0 Å². The molecule has 0 saturated heterocycles. The number of phenolic OH excluding ortho intramolecular Hbond substituents is 1. The normalized spacial score (nSPS) is 10.6. The molecular formula is C19H15FO. The molecule has 1 N–H and O–H groups in total. The summed E-state index contributed by atoms with van der Waals surface area (Å²) in [5.74, 6) is -0.256. The van der Waals surface area contributed by atoms with Gasteiger partial charge in [-0.15, -0.1) is 0 Å². The summed E-state index contributed by atoms with van der Waals surface area (Å²) in [6.45, 7) is 1.98. The Labute approximate surface area is 123 Å². The van der Waals surface area contributed by atoms with Crippen molar-refractivity contribution in [2.75, 3.05) is 0 Å². The lowest BCUT2D eigenvalue weighted by atomic mass is 9.97. The van der Waals surface area contributed by atoms with E-state index in [9.17, 15) is 9.50 Å². The van der Waals surface area contributed by atoms with Gasteiger partial charge >= 0.3 is 0 Å². The molecule has 0 aliphatic heterocycles.